The maximum atomic E-state index is 11.9. The molecule has 25 heavy (non-hydrogen) atoms. The van der Waals surface area contributed by atoms with Gasteiger partial charge in [0.1, 0.15) is 17.1 Å². The number of hydrogen-bond acceptors (Lipinski definition) is 6. The van der Waals surface area contributed by atoms with Crippen molar-refractivity contribution < 1.29 is 18.7 Å². The van der Waals surface area contributed by atoms with Gasteiger partial charge in [-0.05, 0) is 25.1 Å². The quantitative estimate of drug-likeness (QED) is 0.751. The Morgan fingerprint density at radius 3 is 2.72 bits per heavy atom. The fourth-order valence-electron chi connectivity index (χ4n) is 3.03. The van der Waals surface area contributed by atoms with Crippen molar-refractivity contribution in [3.05, 3.63) is 47.9 Å². The average molecular weight is 344 g/mol. The summed E-state index contributed by atoms with van der Waals surface area (Å²) in [6, 6.07) is 9.80. The second-order valence-corrected chi connectivity index (χ2v) is 5.94. The van der Waals surface area contributed by atoms with E-state index in [4.69, 9.17) is 13.9 Å². The summed E-state index contributed by atoms with van der Waals surface area (Å²) in [6.07, 6.45) is 1.55. The van der Waals surface area contributed by atoms with Gasteiger partial charge in [0.25, 0.3) is 0 Å². The van der Waals surface area contributed by atoms with Crippen LogP contribution in [0.25, 0.3) is 0 Å². The van der Waals surface area contributed by atoms with Crippen LogP contribution >= 0.6 is 0 Å². The summed E-state index contributed by atoms with van der Waals surface area (Å²) in [5.41, 5.74) is 1.70. The zero-order valence-electron chi connectivity index (χ0n) is 14.7. The highest BCUT2D eigenvalue weighted by atomic mass is 16.5. The standard InChI is InChI=1S/C19H24N2O4/c1-3-24-19(22)17-7-12-25-18(17)14-20-8-10-21(11-9-20)15-5-4-6-16(13-15)23-2/h4-7,12-13H,3,8-11,14H2,1-2H3. The predicted molar refractivity (Wildman–Crippen MR) is 95.1 cm³/mol. The average Bonchev–Trinajstić information content (AvgIpc) is 3.11. The largest absolute Gasteiger partial charge is 0.497 e. The summed E-state index contributed by atoms with van der Waals surface area (Å²) in [7, 11) is 1.68. The first-order valence-electron chi connectivity index (χ1n) is 8.56. The number of nitrogens with zero attached hydrogens (tertiary/aromatic N) is 2. The van der Waals surface area contributed by atoms with Gasteiger partial charge in [0.2, 0.25) is 0 Å². The molecule has 1 aliphatic rings. The van der Waals surface area contributed by atoms with Gasteiger partial charge in [0.15, 0.2) is 0 Å². The molecule has 0 amide bonds. The van der Waals surface area contributed by atoms with E-state index in [0.717, 1.165) is 31.9 Å². The van der Waals surface area contributed by atoms with Gasteiger partial charge in [-0.25, -0.2) is 4.79 Å². The number of rotatable bonds is 6. The normalized spacial score (nSPS) is 15.2. The van der Waals surface area contributed by atoms with Crippen LogP contribution in [-0.4, -0.2) is 50.8 Å². The minimum absolute atomic E-state index is 0.318. The second kappa shape index (κ2) is 8.07. The van der Waals surface area contributed by atoms with Crippen LogP contribution in [0.4, 0.5) is 5.69 Å². The molecule has 0 saturated carbocycles. The summed E-state index contributed by atoms with van der Waals surface area (Å²) >= 11 is 0. The van der Waals surface area contributed by atoms with Gasteiger partial charge in [-0.2, -0.15) is 0 Å². The monoisotopic (exact) mass is 344 g/mol. The molecule has 1 aromatic carbocycles. The molecule has 0 bridgehead atoms. The molecule has 2 heterocycles. The molecule has 0 radical (unpaired) electrons. The molecule has 1 saturated heterocycles. The first-order valence-corrected chi connectivity index (χ1v) is 8.56. The summed E-state index contributed by atoms with van der Waals surface area (Å²) in [6.45, 7) is 6.43. The van der Waals surface area contributed by atoms with Crippen LogP contribution in [0, 0.1) is 0 Å². The maximum Gasteiger partial charge on any atom is 0.341 e. The molecular weight excluding hydrogens is 320 g/mol. The van der Waals surface area contributed by atoms with Crippen LogP contribution in [0.3, 0.4) is 0 Å². The van der Waals surface area contributed by atoms with Gasteiger partial charge in [-0.15, -0.1) is 0 Å². The summed E-state index contributed by atoms with van der Waals surface area (Å²) in [5.74, 6) is 1.23. The Morgan fingerprint density at radius 2 is 2.00 bits per heavy atom. The number of anilines is 1. The number of methoxy groups -OCH3 is 1. The molecule has 1 fully saturated rings. The molecule has 3 rings (SSSR count). The lowest BCUT2D eigenvalue weighted by Gasteiger charge is -2.35. The van der Waals surface area contributed by atoms with E-state index in [-0.39, 0.29) is 5.97 Å². The lowest BCUT2D eigenvalue weighted by atomic mass is 10.2. The SMILES string of the molecule is CCOC(=O)c1ccoc1CN1CCN(c2cccc(OC)c2)CC1. The highest BCUT2D eigenvalue weighted by Crippen LogP contribution is 2.23. The van der Waals surface area contributed by atoms with E-state index >= 15 is 0 Å². The predicted octanol–water partition coefficient (Wildman–Crippen LogP) is 2.79. The summed E-state index contributed by atoms with van der Waals surface area (Å²) in [4.78, 5) is 16.6. The highest BCUT2D eigenvalue weighted by molar-refractivity contribution is 5.90. The van der Waals surface area contributed by atoms with Gasteiger partial charge >= 0.3 is 5.97 Å². The smallest absolute Gasteiger partial charge is 0.341 e. The van der Waals surface area contributed by atoms with Crippen molar-refractivity contribution in [2.24, 2.45) is 0 Å². The van der Waals surface area contributed by atoms with E-state index in [9.17, 15) is 4.79 Å². The van der Waals surface area contributed by atoms with Crippen LogP contribution in [0.15, 0.2) is 41.0 Å². The number of benzene rings is 1. The van der Waals surface area contributed by atoms with E-state index in [1.807, 2.05) is 12.1 Å². The third-order valence-electron chi connectivity index (χ3n) is 4.40. The molecule has 0 aliphatic carbocycles. The van der Waals surface area contributed by atoms with Crippen LogP contribution in [0.1, 0.15) is 23.0 Å². The molecule has 0 unspecified atom stereocenters. The van der Waals surface area contributed by atoms with Gasteiger partial charge in [-0.3, -0.25) is 4.90 Å². The number of esters is 1. The number of piperazine rings is 1. The first kappa shape index (κ1) is 17.4. The summed E-state index contributed by atoms with van der Waals surface area (Å²) < 4.78 is 15.9. The van der Waals surface area contributed by atoms with Crippen LogP contribution in [0.5, 0.6) is 5.75 Å². The summed E-state index contributed by atoms with van der Waals surface area (Å²) in [5, 5.41) is 0. The molecular formula is C19H24N2O4. The van der Waals surface area contributed by atoms with E-state index < -0.39 is 0 Å². The van der Waals surface area contributed by atoms with Crippen LogP contribution < -0.4 is 9.64 Å². The minimum atomic E-state index is -0.318. The topological polar surface area (TPSA) is 55.2 Å². The van der Waals surface area contributed by atoms with E-state index in [0.29, 0.717) is 24.5 Å². The Morgan fingerprint density at radius 1 is 1.20 bits per heavy atom. The Balaban J connectivity index is 1.58. The van der Waals surface area contributed by atoms with Crippen molar-refractivity contribution in [2.45, 2.75) is 13.5 Å². The first-order chi connectivity index (χ1) is 12.2. The Kier molecular flexibility index (Phi) is 5.60. The molecule has 6 heteroatoms. The van der Waals surface area contributed by atoms with Crippen LogP contribution in [0.2, 0.25) is 0 Å². The zero-order chi connectivity index (χ0) is 17.6. The molecule has 0 N–H and O–H groups in total. The number of carbonyl (C=O) groups is 1. The van der Waals surface area contributed by atoms with Gasteiger partial charge < -0.3 is 18.8 Å². The third kappa shape index (κ3) is 4.14. The maximum absolute atomic E-state index is 11.9. The highest BCUT2D eigenvalue weighted by Gasteiger charge is 2.22. The Labute approximate surface area is 147 Å². The number of furan rings is 1. The molecule has 1 aromatic heterocycles. The lowest BCUT2D eigenvalue weighted by molar-refractivity contribution is 0.0522. The van der Waals surface area contributed by atoms with Gasteiger partial charge in [-0.1, -0.05) is 6.07 Å². The van der Waals surface area contributed by atoms with Gasteiger partial charge in [0.05, 0.1) is 26.5 Å². The Bertz CT molecular complexity index is 705. The zero-order valence-corrected chi connectivity index (χ0v) is 14.7. The molecule has 0 atom stereocenters. The van der Waals surface area contributed by atoms with E-state index in [1.54, 1.807) is 26.4 Å². The van der Waals surface area contributed by atoms with Crippen molar-refractivity contribution in [1.82, 2.24) is 4.90 Å². The number of carbonyl (C=O) groups excluding carboxylic acids is 1. The van der Waals surface area contributed by atoms with Gasteiger partial charge in [0, 0.05) is 37.9 Å². The van der Waals surface area contributed by atoms with E-state index in [2.05, 4.69) is 21.9 Å². The molecule has 1 aliphatic heterocycles. The van der Waals surface area contributed by atoms with Crippen molar-refractivity contribution in [1.29, 1.82) is 0 Å². The van der Waals surface area contributed by atoms with Crippen molar-refractivity contribution in [3.63, 3.8) is 0 Å². The number of hydrogen-bond donors (Lipinski definition) is 0. The molecule has 134 valence electrons. The number of ether oxygens (including phenoxy) is 2. The molecule has 0 spiro atoms. The fraction of sp³-hybridized carbons (Fsp3) is 0.421. The second-order valence-electron chi connectivity index (χ2n) is 5.94. The van der Waals surface area contributed by atoms with Crippen molar-refractivity contribution >= 4 is 11.7 Å². The van der Waals surface area contributed by atoms with Crippen LogP contribution in [-0.2, 0) is 11.3 Å². The lowest BCUT2D eigenvalue weighted by Crippen LogP contribution is -2.46. The van der Waals surface area contributed by atoms with Crippen molar-refractivity contribution in [2.75, 3.05) is 44.8 Å². The minimum Gasteiger partial charge on any atom is -0.497 e. The Hall–Kier alpha value is -2.47. The van der Waals surface area contributed by atoms with Crippen molar-refractivity contribution in [3.8, 4) is 5.75 Å². The molecule has 2 aromatic rings. The molecule has 6 nitrogen and oxygen atoms in total. The van der Waals surface area contributed by atoms with E-state index in [1.165, 1.54) is 5.69 Å². The fourth-order valence-corrected chi connectivity index (χ4v) is 3.03. The third-order valence-corrected chi connectivity index (χ3v) is 4.40.